The molecule has 24 heavy (non-hydrogen) atoms. The molecule has 1 N–H and O–H groups in total. The maximum Gasteiger partial charge on any atom is 0.249 e. The fraction of sp³-hybridized carbons (Fsp3) is 0.0526. The third kappa shape index (κ3) is 4.57. The van der Waals surface area contributed by atoms with Crippen LogP contribution in [0.4, 0.5) is 5.82 Å². The first-order chi connectivity index (χ1) is 11.7. The van der Waals surface area contributed by atoms with Gasteiger partial charge in [0.25, 0.3) is 0 Å². The number of carbonyl (C=O) groups is 1. The number of halogens is 1. The molecule has 1 heterocycles. The first kappa shape index (κ1) is 16.0. The fourth-order valence-electron chi connectivity index (χ4n) is 2.20. The SMILES string of the molecule is O=C(/C=C/c1ccccc1)Nc1ccn(Cc2ccc(Cl)cc2)n1. The van der Waals surface area contributed by atoms with Crippen molar-refractivity contribution in [1.82, 2.24) is 9.78 Å². The minimum atomic E-state index is -0.212. The van der Waals surface area contributed by atoms with Crippen molar-refractivity contribution in [2.24, 2.45) is 0 Å². The van der Waals surface area contributed by atoms with Crippen LogP contribution in [0.2, 0.25) is 5.02 Å². The van der Waals surface area contributed by atoms with Crippen molar-refractivity contribution in [3.63, 3.8) is 0 Å². The van der Waals surface area contributed by atoms with Crippen molar-refractivity contribution in [2.75, 3.05) is 5.32 Å². The molecule has 0 radical (unpaired) electrons. The Morgan fingerprint density at radius 1 is 1.08 bits per heavy atom. The first-order valence-electron chi connectivity index (χ1n) is 7.51. The molecule has 4 nitrogen and oxygen atoms in total. The predicted octanol–water partition coefficient (Wildman–Crippen LogP) is 4.24. The Labute approximate surface area is 145 Å². The Balaban J connectivity index is 1.58. The van der Waals surface area contributed by atoms with Crippen molar-refractivity contribution in [1.29, 1.82) is 0 Å². The molecule has 3 aromatic rings. The summed E-state index contributed by atoms with van der Waals surface area (Å²) < 4.78 is 1.76. The average Bonchev–Trinajstić information content (AvgIpc) is 3.03. The second kappa shape index (κ2) is 7.62. The Morgan fingerprint density at radius 2 is 1.83 bits per heavy atom. The number of benzene rings is 2. The van der Waals surface area contributed by atoms with Gasteiger partial charge in [-0.3, -0.25) is 9.48 Å². The molecule has 0 bridgehead atoms. The topological polar surface area (TPSA) is 46.9 Å². The van der Waals surface area contributed by atoms with Crippen molar-refractivity contribution in [3.05, 3.63) is 89.1 Å². The minimum Gasteiger partial charge on any atom is -0.306 e. The molecule has 1 amide bonds. The van der Waals surface area contributed by atoms with Gasteiger partial charge in [-0.05, 0) is 29.3 Å². The van der Waals surface area contributed by atoms with E-state index in [1.807, 2.05) is 60.8 Å². The largest absolute Gasteiger partial charge is 0.306 e. The van der Waals surface area contributed by atoms with E-state index in [2.05, 4.69) is 10.4 Å². The van der Waals surface area contributed by atoms with Crippen molar-refractivity contribution in [2.45, 2.75) is 6.54 Å². The summed E-state index contributed by atoms with van der Waals surface area (Å²) in [4.78, 5) is 11.9. The molecule has 0 atom stereocenters. The van der Waals surface area contributed by atoms with E-state index < -0.39 is 0 Å². The van der Waals surface area contributed by atoms with Gasteiger partial charge in [0.15, 0.2) is 5.82 Å². The van der Waals surface area contributed by atoms with E-state index in [1.165, 1.54) is 6.08 Å². The summed E-state index contributed by atoms with van der Waals surface area (Å²) in [6.45, 7) is 0.618. The van der Waals surface area contributed by atoms with Crippen LogP contribution in [0.5, 0.6) is 0 Å². The van der Waals surface area contributed by atoms with Gasteiger partial charge in [-0.25, -0.2) is 0 Å². The van der Waals surface area contributed by atoms with Gasteiger partial charge < -0.3 is 5.32 Å². The zero-order valence-electron chi connectivity index (χ0n) is 12.9. The van der Waals surface area contributed by atoms with E-state index in [0.29, 0.717) is 17.4 Å². The summed E-state index contributed by atoms with van der Waals surface area (Å²) in [5, 5.41) is 7.80. The van der Waals surface area contributed by atoms with Crippen LogP contribution in [-0.4, -0.2) is 15.7 Å². The molecule has 2 aromatic carbocycles. The molecule has 5 heteroatoms. The number of hydrogen-bond donors (Lipinski definition) is 1. The number of amides is 1. The second-order valence-electron chi connectivity index (χ2n) is 5.26. The maximum atomic E-state index is 11.9. The average molecular weight is 338 g/mol. The minimum absolute atomic E-state index is 0.212. The molecule has 0 unspecified atom stereocenters. The molecule has 0 saturated heterocycles. The standard InChI is InChI=1S/C19H16ClN3O/c20-17-9-6-16(7-10-17)14-23-13-12-18(22-23)21-19(24)11-8-15-4-2-1-3-5-15/h1-13H,14H2,(H,21,22,24)/b11-8+. The molecule has 3 rings (SSSR count). The van der Waals surface area contributed by atoms with Crippen LogP contribution < -0.4 is 5.32 Å². The summed E-state index contributed by atoms with van der Waals surface area (Å²) in [5.74, 6) is 0.308. The van der Waals surface area contributed by atoms with Crippen molar-refractivity contribution < 1.29 is 4.79 Å². The number of carbonyl (C=O) groups excluding carboxylic acids is 1. The van der Waals surface area contributed by atoms with Crippen LogP contribution in [0, 0.1) is 0 Å². The van der Waals surface area contributed by atoms with Gasteiger partial charge in [0, 0.05) is 23.4 Å². The maximum absolute atomic E-state index is 11.9. The molecule has 0 spiro atoms. The second-order valence-corrected chi connectivity index (χ2v) is 5.69. The van der Waals surface area contributed by atoms with Gasteiger partial charge in [0.2, 0.25) is 5.91 Å². The molecule has 120 valence electrons. The number of rotatable bonds is 5. The lowest BCUT2D eigenvalue weighted by Gasteiger charge is -2.02. The van der Waals surface area contributed by atoms with Gasteiger partial charge in [0.1, 0.15) is 0 Å². The number of nitrogens with one attached hydrogen (secondary N) is 1. The van der Waals surface area contributed by atoms with E-state index in [1.54, 1.807) is 16.8 Å². The highest BCUT2D eigenvalue weighted by Gasteiger charge is 2.03. The molecule has 0 aliphatic carbocycles. The Kier molecular flexibility index (Phi) is 5.08. The van der Waals surface area contributed by atoms with E-state index in [-0.39, 0.29) is 5.91 Å². The van der Waals surface area contributed by atoms with E-state index in [4.69, 9.17) is 11.6 Å². The monoisotopic (exact) mass is 337 g/mol. The summed E-state index contributed by atoms with van der Waals surface area (Å²) in [5.41, 5.74) is 2.06. The Bertz CT molecular complexity index is 839. The molecule has 0 aliphatic rings. The van der Waals surface area contributed by atoms with Crippen molar-refractivity contribution >= 4 is 29.4 Å². The highest BCUT2D eigenvalue weighted by atomic mass is 35.5. The lowest BCUT2D eigenvalue weighted by molar-refractivity contribution is -0.111. The first-order valence-corrected chi connectivity index (χ1v) is 7.89. The van der Waals surface area contributed by atoms with Gasteiger partial charge in [-0.2, -0.15) is 5.10 Å². The van der Waals surface area contributed by atoms with E-state index in [0.717, 1.165) is 11.1 Å². The van der Waals surface area contributed by atoms with Gasteiger partial charge in [-0.15, -0.1) is 0 Å². The fourth-order valence-corrected chi connectivity index (χ4v) is 2.32. The van der Waals surface area contributed by atoms with Crippen LogP contribution in [0.1, 0.15) is 11.1 Å². The number of aromatic nitrogens is 2. The highest BCUT2D eigenvalue weighted by molar-refractivity contribution is 6.30. The van der Waals surface area contributed by atoms with Crippen LogP contribution in [-0.2, 0) is 11.3 Å². The number of hydrogen-bond acceptors (Lipinski definition) is 2. The molecule has 0 saturated carbocycles. The molecular weight excluding hydrogens is 322 g/mol. The third-order valence-electron chi connectivity index (χ3n) is 3.38. The molecule has 0 aliphatic heterocycles. The van der Waals surface area contributed by atoms with Crippen LogP contribution >= 0.6 is 11.6 Å². The van der Waals surface area contributed by atoms with Crippen LogP contribution in [0.25, 0.3) is 6.08 Å². The van der Waals surface area contributed by atoms with Crippen molar-refractivity contribution in [3.8, 4) is 0 Å². The lowest BCUT2D eigenvalue weighted by atomic mass is 10.2. The molecule has 1 aromatic heterocycles. The summed E-state index contributed by atoms with van der Waals surface area (Å²) >= 11 is 5.87. The lowest BCUT2D eigenvalue weighted by Crippen LogP contribution is -2.09. The van der Waals surface area contributed by atoms with Gasteiger partial charge in [-0.1, -0.05) is 54.1 Å². The normalized spacial score (nSPS) is 10.9. The number of nitrogens with zero attached hydrogens (tertiary/aromatic N) is 2. The Hall–Kier alpha value is -2.85. The zero-order valence-corrected chi connectivity index (χ0v) is 13.6. The highest BCUT2D eigenvalue weighted by Crippen LogP contribution is 2.11. The molecule has 0 fully saturated rings. The van der Waals surface area contributed by atoms with Crippen LogP contribution in [0.15, 0.2) is 72.9 Å². The third-order valence-corrected chi connectivity index (χ3v) is 3.63. The Morgan fingerprint density at radius 3 is 2.58 bits per heavy atom. The van der Waals surface area contributed by atoms with Crippen LogP contribution in [0.3, 0.4) is 0 Å². The summed E-state index contributed by atoms with van der Waals surface area (Å²) in [6, 6.07) is 19.0. The van der Waals surface area contributed by atoms with E-state index >= 15 is 0 Å². The van der Waals surface area contributed by atoms with Gasteiger partial charge >= 0.3 is 0 Å². The smallest absolute Gasteiger partial charge is 0.249 e. The zero-order chi connectivity index (χ0) is 16.8. The predicted molar refractivity (Wildman–Crippen MR) is 96.9 cm³/mol. The summed E-state index contributed by atoms with van der Waals surface area (Å²) in [6.07, 6.45) is 5.08. The molecular formula is C19H16ClN3O. The van der Waals surface area contributed by atoms with Gasteiger partial charge in [0.05, 0.1) is 6.54 Å². The summed E-state index contributed by atoms with van der Waals surface area (Å²) in [7, 11) is 0. The quantitative estimate of drug-likeness (QED) is 0.708. The van der Waals surface area contributed by atoms with E-state index in [9.17, 15) is 4.79 Å². The number of anilines is 1.